The number of benzene rings is 1. The lowest BCUT2D eigenvalue weighted by Crippen LogP contribution is -2.50. The van der Waals surface area contributed by atoms with Crippen LogP contribution in [0.3, 0.4) is 0 Å². The molecule has 1 amide bonds. The van der Waals surface area contributed by atoms with Crippen LogP contribution in [0.15, 0.2) is 23.1 Å². The summed E-state index contributed by atoms with van der Waals surface area (Å²) < 4.78 is 52.4. The molecule has 3 fully saturated rings. The smallest absolute Gasteiger partial charge is 0.256 e. The lowest BCUT2D eigenvalue weighted by Gasteiger charge is -2.35. The molecule has 4 rings (SSSR count). The number of sulfonamides is 1. The molecular formula is C20H28FN3O5S. The Hall–Kier alpha value is -1.59. The fraction of sp³-hybridized carbons (Fsp3) is 0.650. The fourth-order valence-corrected chi connectivity index (χ4v) is 5.58. The first-order valence-electron chi connectivity index (χ1n) is 10.5. The average Bonchev–Trinajstić information content (AvgIpc) is 3.28. The van der Waals surface area contributed by atoms with E-state index in [0.29, 0.717) is 39.4 Å². The molecule has 10 heteroatoms. The molecule has 3 aliphatic heterocycles. The van der Waals surface area contributed by atoms with Gasteiger partial charge in [0.05, 0.1) is 29.8 Å². The number of carbonyl (C=O) groups excluding carboxylic acids is 1. The molecule has 0 N–H and O–H groups in total. The van der Waals surface area contributed by atoms with Crippen LogP contribution in [-0.4, -0.2) is 100 Å². The molecule has 0 aromatic heterocycles. The van der Waals surface area contributed by atoms with Crippen LogP contribution in [0.1, 0.15) is 23.2 Å². The topological polar surface area (TPSA) is 79.4 Å². The second-order valence-electron chi connectivity index (χ2n) is 7.89. The Bertz CT molecular complexity index is 861. The van der Waals surface area contributed by atoms with Gasteiger partial charge in [0.2, 0.25) is 10.0 Å². The number of piperazine rings is 1. The number of morpholine rings is 1. The largest absolute Gasteiger partial charge is 0.379 e. The van der Waals surface area contributed by atoms with Crippen molar-refractivity contribution in [1.82, 2.24) is 14.1 Å². The monoisotopic (exact) mass is 441 g/mol. The van der Waals surface area contributed by atoms with E-state index in [-0.39, 0.29) is 29.7 Å². The first kappa shape index (κ1) is 21.6. The van der Waals surface area contributed by atoms with Crippen LogP contribution in [-0.2, 0) is 19.5 Å². The van der Waals surface area contributed by atoms with Crippen LogP contribution in [0.4, 0.5) is 4.39 Å². The standard InChI is InChI=1S/C20H28FN3O5S/c21-19-4-3-17(30(26,27)24-9-12-28-13-10-24)14-18(19)20(25)23-7-5-22(6-8-23)15-16-2-1-11-29-16/h3-4,14,16H,1-2,5-13,15H2/t16-/m0/s1. The Morgan fingerprint density at radius 1 is 1.07 bits per heavy atom. The minimum Gasteiger partial charge on any atom is -0.379 e. The third kappa shape index (κ3) is 4.67. The van der Waals surface area contributed by atoms with Gasteiger partial charge in [0.1, 0.15) is 5.82 Å². The van der Waals surface area contributed by atoms with E-state index in [4.69, 9.17) is 9.47 Å². The molecule has 30 heavy (non-hydrogen) atoms. The molecule has 166 valence electrons. The van der Waals surface area contributed by atoms with Gasteiger partial charge in [-0.25, -0.2) is 12.8 Å². The lowest BCUT2D eigenvalue weighted by molar-refractivity contribution is 0.0430. The summed E-state index contributed by atoms with van der Waals surface area (Å²) >= 11 is 0. The summed E-state index contributed by atoms with van der Waals surface area (Å²) in [4.78, 5) is 16.7. The molecule has 1 atom stereocenters. The van der Waals surface area contributed by atoms with Gasteiger partial charge in [-0.1, -0.05) is 0 Å². The van der Waals surface area contributed by atoms with E-state index in [1.807, 2.05) is 0 Å². The lowest BCUT2D eigenvalue weighted by atomic mass is 10.1. The second-order valence-corrected chi connectivity index (χ2v) is 9.82. The van der Waals surface area contributed by atoms with Gasteiger partial charge in [-0.3, -0.25) is 9.69 Å². The summed E-state index contributed by atoms with van der Waals surface area (Å²) in [5, 5.41) is 0. The van der Waals surface area contributed by atoms with Crippen molar-refractivity contribution in [1.29, 1.82) is 0 Å². The van der Waals surface area contributed by atoms with Crippen LogP contribution in [0.2, 0.25) is 0 Å². The Morgan fingerprint density at radius 2 is 1.80 bits per heavy atom. The Morgan fingerprint density at radius 3 is 2.47 bits per heavy atom. The van der Waals surface area contributed by atoms with Crippen LogP contribution < -0.4 is 0 Å². The molecule has 1 aromatic rings. The number of hydrogen-bond donors (Lipinski definition) is 0. The van der Waals surface area contributed by atoms with Gasteiger partial charge >= 0.3 is 0 Å². The number of carbonyl (C=O) groups is 1. The molecule has 3 saturated heterocycles. The number of ether oxygens (including phenoxy) is 2. The van der Waals surface area contributed by atoms with E-state index in [9.17, 15) is 17.6 Å². The zero-order chi connectivity index (χ0) is 21.1. The Balaban J connectivity index is 1.43. The van der Waals surface area contributed by atoms with E-state index < -0.39 is 21.7 Å². The summed E-state index contributed by atoms with van der Waals surface area (Å²) in [6, 6.07) is 3.45. The minimum atomic E-state index is -3.79. The summed E-state index contributed by atoms with van der Waals surface area (Å²) in [6.45, 7) is 5.14. The number of nitrogens with zero attached hydrogens (tertiary/aromatic N) is 3. The average molecular weight is 442 g/mol. The highest BCUT2D eigenvalue weighted by molar-refractivity contribution is 7.89. The van der Waals surface area contributed by atoms with E-state index in [2.05, 4.69) is 4.90 Å². The maximum atomic E-state index is 14.4. The van der Waals surface area contributed by atoms with E-state index in [0.717, 1.165) is 32.1 Å². The van der Waals surface area contributed by atoms with Crippen molar-refractivity contribution in [2.45, 2.75) is 23.8 Å². The van der Waals surface area contributed by atoms with Crippen molar-refractivity contribution in [2.24, 2.45) is 0 Å². The van der Waals surface area contributed by atoms with Crippen LogP contribution in [0.25, 0.3) is 0 Å². The highest BCUT2D eigenvalue weighted by Gasteiger charge is 2.30. The summed E-state index contributed by atoms with van der Waals surface area (Å²) in [7, 11) is -3.79. The quantitative estimate of drug-likeness (QED) is 0.672. The van der Waals surface area contributed by atoms with E-state index in [1.165, 1.54) is 16.4 Å². The summed E-state index contributed by atoms with van der Waals surface area (Å²) in [6.07, 6.45) is 2.41. The normalized spacial score (nSPS) is 24.3. The van der Waals surface area contributed by atoms with Crippen molar-refractivity contribution < 1.29 is 27.1 Å². The first-order valence-corrected chi connectivity index (χ1v) is 11.9. The maximum absolute atomic E-state index is 14.4. The summed E-state index contributed by atoms with van der Waals surface area (Å²) in [5.41, 5.74) is -0.197. The molecule has 0 unspecified atom stereocenters. The van der Waals surface area contributed by atoms with Crippen molar-refractivity contribution >= 4 is 15.9 Å². The predicted octanol–water partition coefficient (Wildman–Crippen LogP) is 0.783. The SMILES string of the molecule is O=C(c1cc(S(=O)(=O)N2CCOCC2)ccc1F)N1CCN(C[C@@H]2CCCO2)CC1. The molecule has 0 spiro atoms. The van der Waals surface area contributed by atoms with E-state index >= 15 is 0 Å². The fourth-order valence-electron chi connectivity index (χ4n) is 4.14. The molecule has 3 aliphatic rings. The predicted molar refractivity (Wildman–Crippen MR) is 107 cm³/mol. The molecular weight excluding hydrogens is 413 g/mol. The molecule has 3 heterocycles. The van der Waals surface area contributed by atoms with Crippen molar-refractivity contribution in [3.8, 4) is 0 Å². The van der Waals surface area contributed by atoms with Crippen LogP contribution in [0, 0.1) is 5.82 Å². The van der Waals surface area contributed by atoms with Crippen LogP contribution >= 0.6 is 0 Å². The third-order valence-corrected chi connectivity index (χ3v) is 7.82. The Kier molecular flexibility index (Phi) is 6.69. The zero-order valence-corrected chi connectivity index (χ0v) is 17.8. The third-order valence-electron chi connectivity index (χ3n) is 5.92. The first-order chi connectivity index (χ1) is 14.4. The molecule has 0 saturated carbocycles. The molecule has 1 aromatic carbocycles. The number of halogens is 1. The number of amides is 1. The van der Waals surface area contributed by atoms with Gasteiger partial charge in [0, 0.05) is 52.4 Å². The molecule has 0 aliphatic carbocycles. The highest BCUT2D eigenvalue weighted by Crippen LogP contribution is 2.22. The van der Waals surface area contributed by atoms with Gasteiger partial charge in [-0.15, -0.1) is 0 Å². The summed E-state index contributed by atoms with van der Waals surface area (Å²) in [5.74, 6) is -1.17. The van der Waals surface area contributed by atoms with Crippen molar-refractivity contribution in [2.75, 3.05) is 65.6 Å². The van der Waals surface area contributed by atoms with E-state index in [1.54, 1.807) is 4.90 Å². The van der Waals surface area contributed by atoms with Gasteiger partial charge in [-0.2, -0.15) is 4.31 Å². The molecule has 0 bridgehead atoms. The van der Waals surface area contributed by atoms with Crippen molar-refractivity contribution in [3.63, 3.8) is 0 Å². The maximum Gasteiger partial charge on any atom is 0.256 e. The molecule has 0 radical (unpaired) electrons. The highest BCUT2D eigenvalue weighted by atomic mass is 32.2. The van der Waals surface area contributed by atoms with Crippen LogP contribution in [0.5, 0.6) is 0 Å². The number of hydrogen-bond acceptors (Lipinski definition) is 6. The second kappa shape index (κ2) is 9.27. The van der Waals surface area contributed by atoms with Gasteiger partial charge < -0.3 is 14.4 Å². The molecule has 8 nitrogen and oxygen atoms in total. The zero-order valence-electron chi connectivity index (χ0n) is 17.0. The Labute approximate surface area is 176 Å². The minimum absolute atomic E-state index is 0.0637. The van der Waals surface area contributed by atoms with Crippen molar-refractivity contribution in [3.05, 3.63) is 29.6 Å². The van der Waals surface area contributed by atoms with Gasteiger partial charge in [-0.05, 0) is 31.0 Å². The van der Waals surface area contributed by atoms with Gasteiger partial charge in [0.15, 0.2) is 0 Å². The van der Waals surface area contributed by atoms with Gasteiger partial charge in [0.25, 0.3) is 5.91 Å². The number of rotatable bonds is 5.